The first-order chi connectivity index (χ1) is 8.31. The average Bonchev–Trinajstić information content (AvgIpc) is 2.55. The fourth-order valence-corrected chi connectivity index (χ4v) is 2.32. The summed E-state index contributed by atoms with van der Waals surface area (Å²) in [7, 11) is -1.20. The minimum absolute atomic E-state index is 0. The van der Waals surface area contributed by atoms with E-state index in [4.69, 9.17) is 5.10 Å². The van der Waals surface area contributed by atoms with Crippen LogP contribution in [0, 0.1) is 0 Å². The first-order valence-electron chi connectivity index (χ1n) is 7.10. The van der Waals surface area contributed by atoms with E-state index in [0.29, 0.717) is 0 Å². The van der Waals surface area contributed by atoms with Gasteiger partial charge in [0.15, 0.2) is 0 Å². The van der Waals surface area contributed by atoms with Crippen molar-refractivity contribution < 1.29 is 24.8 Å². The zero-order chi connectivity index (χ0) is 15.1. The number of nitrogens with zero attached hydrogens (tertiary/aromatic N) is 2. The van der Waals surface area contributed by atoms with E-state index < -0.39 is 8.07 Å². The predicted molar refractivity (Wildman–Crippen MR) is 94.1 cm³/mol. The molecule has 0 aliphatic carbocycles. The molecular weight excluding hydrogens is 389 g/mol. The molecule has 0 aromatic carbocycles. The van der Waals surface area contributed by atoms with Crippen molar-refractivity contribution in [3.05, 3.63) is 23.2 Å². The smallest absolute Gasteiger partial charge is 1.00 e. The van der Waals surface area contributed by atoms with Crippen molar-refractivity contribution in [1.29, 1.82) is 0 Å². The van der Waals surface area contributed by atoms with Gasteiger partial charge in [-0.3, -0.25) is 0 Å². The summed E-state index contributed by atoms with van der Waals surface area (Å²) >= 11 is 0. The molecule has 0 radical (unpaired) electrons. The maximum atomic E-state index is 4.80. The molecule has 0 atom stereocenters. The van der Waals surface area contributed by atoms with Crippen molar-refractivity contribution in [2.45, 2.75) is 72.0 Å². The summed E-state index contributed by atoms with van der Waals surface area (Å²) in [4.78, 5) is 0. The zero-order valence-electron chi connectivity index (χ0n) is 15.5. The summed E-state index contributed by atoms with van der Waals surface area (Å²) in [6.45, 7) is 20.4. The van der Waals surface area contributed by atoms with Crippen molar-refractivity contribution in [3.63, 3.8) is 0 Å². The number of rotatable bonds is 2. The van der Waals surface area contributed by atoms with Gasteiger partial charge in [-0.15, -0.1) is 0 Å². The molecule has 0 bridgehead atoms. The fourth-order valence-electron chi connectivity index (χ4n) is 1.73. The van der Waals surface area contributed by atoms with Crippen LogP contribution in [0.5, 0.6) is 0 Å². The van der Waals surface area contributed by atoms with Gasteiger partial charge in [0.2, 0.25) is 0 Å². The Labute approximate surface area is 163 Å². The van der Waals surface area contributed by atoms with Gasteiger partial charge >= 0.3 is 19.8 Å². The van der Waals surface area contributed by atoms with Gasteiger partial charge in [0.05, 0.1) is 13.8 Å². The second-order valence-corrected chi connectivity index (χ2v) is 13.6. The molecule has 0 aliphatic heterocycles. The van der Waals surface area contributed by atoms with E-state index in [1.165, 1.54) is 5.69 Å². The van der Waals surface area contributed by atoms with E-state index >= 15 is 0 Å². The van der Waals surface area contributed by atoms with Crippen LogP contribution in [-0.4, -0.2) is 37.6 Å². The molecule has 0 unspecified atom stereocenters. The van der Waals surface area contributed by atoms with E-state index in [1.54, 1.807) is 0 Å². The molecule has 0 amide bonds. The summed E-state index contributed by atoms with van der Waals surface area (Å²) in [5.41, 5.74) is 5.00. The van der Waals surface area contributed by atoms with Gasteiger partial charge in [-0.1, -0.05) is 66.9 Å². The molecule has 124 valence electrons. The number of halogens is 2. The van der Waals surface area contributed by atoms with Crippen molar-refractivity contribution in [2.75, 3.05) is 0 Å². The maximum absolute atomic E-state index is 4.80. The van der Waals surface area contributed by atoms with Gasteiger partial charge in [-0.2, -0.15) is 5.10 Å². The molecule has 0 N–H and O–H groups in total. The molecule has 1 rings (SSSR count). The Hall–Kier alpha value is 0.383. The third kappa shape index (κ3) is 8.30. The molecule has 6 heteroatoms. The Bertz CT molecular complexity index is 478. The van der Waals surface area contributed by atoms with Crippen LogP contribution in [0.1, 0.15) is 52.9 Å². The number of aromatic nitrogens is 2. The first-order valence-corrected chi connectivity index (χ1v) is 10.7. The van der Waals surface area contributed by atoms with Crippen molar-refractivity contribution >= 4 is 34.1 Å². The molecule has 1 aromatic rings. The fraction of sp³-hybridized carbons (Fsp3) is 0.688. The molecule has 1 heterocycles. The Kier molecular flexibility index (Phi) is 11.2. The average molecular weight is 419 g/mol. The Balaban J connectivity index is -0.00000120. The standard InChI is InChI=1S/C16H30N2Si.2ClH.Ga/c1-15(2,3)13-12-14(16(4,5)6)18(17-13)10-11-19(7,8)9;;;/h10-12H,1-9H3;2*1H;/q;;;+3/p-2/b11-10+;;;. The minimum atomic E-state index is -1.20. The van der Waals surface area contributed by atoms with E-state index in [0.717, 1.165) is 5.69 Å². The molecule has 0 fully saturated rings. The minimum Gasteiger partial charge on any atom is -1.00 e. The monoisotopic (exact) mass is 417 g/mol. The van der Waals surface area contributed by atoms with Crippen LogP contribution in [0.4, 0.5) is 0 Å². The SMILES string of the molecule is CC(C)(C)c1cc(C(C)(C)C)n(/C=C/[Si](C)(C)C)n1.[Cl-].[Cl-].[Ga+3]. The van der Waals surface area contributed by atoms with Crippen LogP contribution >= 0.6 is 0 Å². The van der Waals surface area contributed by atoms with Crippen LogP contribution in [0.2, 0.25) is 19.6 Å². The van der Waals surface area contributed by atoms with E-state index in [-0.39, 0.29) is 55.4 Å². The summed E-state index contributed by atoms with van der Waals surface area (Å²) < 4.78 is 2.08. The first kappa shape index (κ1) is 27.2. The molecule has 2 nitrogen and oxygen atoms in total. The molecular formula is C16H30Cl2GaN2Si+. The summed E-state index contributed by atoms with van der Waals surface area (Å²) in [5, 5.41) is 4.80. The number of hydrogen-bond acceptors (Lipinski definition) is 1. The van der Waals surface area contributed by atoms with Crippen LogP contribution in [0.25, 0.3) is 6.20 Å². The Morgan fingerprint density at radius 1 is 0.955 bits per heavy atom. The van der Waals surface area contributed by atoms with Crippen molar-refractivity contribution in [2.24, 2.45) is 0 Å². The summed E-state index contributed by atoms with van der Waals surface area (Å²) in [6.07, 6.45) is 2.17. The Morgan fingerprint density at radius 3 is 1.73 bits per heavy atom. The van der Waals surface area contributed by atoms with E-state index in [2.05, 4.69) is 83.8 Å². The van der Waals surface area contributed by atoms with Gasteiger partial charge in [0, 0.05) is 22.7 Å². The second kappa shape index (κ2) is 9.02. The topological polar surface area (TPSA) is 17.8 Å². The third-order valence-electron chi connectivity index (χ3n) is 2.99. The van der Waals surface area contributed by atoms with Gasteiger partial charge in [-0.25, -0.2) is 4.68 Å². The molecule has 0 saturated carbocycles. The third-order valence-corrected chi connectivity index (χ3v) is 4.14. The summed E-state index contributed by atoms with van der Waals surface area (Å²) in [6, 6.07) is 2.26. The number of hydrogen-bond donors (Lipinski definition) is 0. The molecule has 1 aromatic heterocycles. The van der Waals surface area contributed by atoms with Crippen LogP contribution in [0.3, 0.4) is 0 Å². The normalized spacial score (nSPS) is 12.4. The van der Waals surface area contributed by atoms with Crippen LogP contribution < -0.4 is 24.8 Å². The van der Waals surface area contributed by atoms with Gasteiger partial charge in [0.1, 0.15) is 0 Å². The van der Waals surface area contributed by atoms with Crippen LogP contribution in [0.15, 0.2) is 11.8 Å². The largest absolute Gasteiger partial charge is 3.00 e. The molecule has 22 heavy (non-hydrogen) atoms. The van der Waals surface area contributed by atoms with Crippen molar-refractivity contribution in [3.8, 4) is 0 Å². The maximum Gasteiger partial charge on any atom is 3.00 e. The molecule has 0 saturated heterocycles. The van der Waals surface area contributed by atoms with Gasteiger partial charge < -0.3 is 24.8 Å². The Morgan fingerprint density at radius 2 is 1.41 bits per heavy atom. The zero-order valence-corrected chi connectivity index (χ0v) is 20.4. The van der Waals surface area contributed by atoms with Crippen LogP contribution in [-0.2, 0) is 10.8 Å². The van der Waals surface area contributed by atoms with Crippen molar-refractivity contribution in [1.82, 2.24) is 9.78 Å². The predicted octanol–water partition coefficient (Wildman–Crippen LogP) is -1.55. The molecule has 0 aliphatic rings. The van der Waals surface area contributed by atoms with E-state index in [1.807, 2.05) is 0 Å². The second-order valence-electron chi connectivity index (χ2n) is 8.54. The van der Waals surface area contributed by atoms with Gasteiger partial charge in [0.25, 0.3) is 0 Å². The quantitative estimate of drug-likeness (QED) is 0.532. The van der Waals surface area contributed by atoms with E-state index in [9.17, 15) is 0 Å². The molecule has 0 spiro atoms. The van der Waals surface area contributed by atoms with Gasteiger partial charge in [-0.05, 0) is 6.07 Å². The summed E-state index contributed by atoms with van der Waals surface area (Å²) in [5.74, 6) is 0.